The molecule has 0 nitrogen and oxygen atoms in total. The molecule has 0 radical (unpaired) electrons. The Morgan fingerprint density at radius 3 is 2.15 bits per heavy atom. The molecule has 0 heterocycles. The summed E-state index contributed by atoms with van der Waals surface area (Å²) in [6.45, 7) is 0. The van der Waals surface area contributed by atoms with Crippen LogP contribution < -0.4 is 0 Å². The molecule has 2 rings (SSSR count). The fourth-order valence-electron chi connectivity index (χ4n) is 3.07. The molecule has 0 amide bonds. The Balaban J connectivity index is 1.81. The number of hydrogen-bond donors (Lipinski definition) is 0. The Labute approximate surface area is 90.6 Å². The van der Waals surface area contributed by atoms with Gasteiger partial charge in [-0.15, -0.1) is 0 Å². The molecule has 76 valence electrons. The molecular formula is C12H21Br. The van der Waals surface area contributed by atoms with E-state index in [1.165, 1.54) is 63.1 Å². The monoisotopic (exact) mass is 244 g/mol. The predicted octanol–water partition coefficient (Wildman–Crippen LogP) is 4.52. The van der Waals surface area contributed by atoms with Gasteiger partial charge in [-0.2, -0.15) is 0 Å². The lowest BCUT2D eigenvalue weighted by molar-refractivity contribution is 0.110. The van der Waals surface area contributed by atoms with Crippen LogP contribution >= 0.6 is 15.9 Å². The molecule has 0 saturated heterocycles. The zero-order valence-electron chi connectivity index (χ0n) is 8.53. The Morgan fingerprint density at radius 2 is 1.69 bits per heavy atom. The third-order valence-corrected chi connectivity index (χ3v) is 5.33. The van der Waals surface area contributed by atoms with Crippen molar-refractivity contribution in [2.75, 3.05) is 5.33 Å². The van der Waals surface area contributed by atoms with Gasteiger partial charge in [-0.3, -0.25) is 0 Å². The van der Waals surface area contributed by atoms with Crippen molar-refractivity contribution in [1.82, 2.24) is 0 Å². The van der Waals surface area contributed by atoms with E-state index in [-0.39, 0.29) is 0 Å². The molecule has 0 aromatic heterocycles. The lowest BCUT2D eigenvalue weighted by atomic mass is 9.64. The van der Waals surface area contributed by atoms with E-state index < -0.39 is 0 Å². The molecule has 0 N–H and O–H groups in total. The quantitative estimate of drug-likeness (QED) is 0.641. The summed E-state index contributed by atoms with van der Waals surface area (Å²) in [5, 5.41) is 1.26. The summed E-state index contributed by atoms with van der Waals surface area (Å²) in [6.07, 6.45) is 13.5. The summed E-state index contributed by atoms with van der Waals surface area (Å²) in [6, 6.07) is 0. The van der Waals surface area contributed by atoms with Crippen LogP contribution in [0, 0.1) is 11.3 Å². The second kappa shape index (κ2) is 4.33. The molecule has 13 heavy (non-hydrogen) atoms. The van der Waals surface area contributed by atoms with E-state index in [4.69, 9.17) is 0 Å². The van der Waals surface area contributed by atoms with Crippen molar-refractivity contribution in [3.8, 4) is 0 Å². The molecule has 0 atom stereocenters. The van der Waals surface area contributed by atoms with E-state index in [1.54, 1.807) is 0 Å². The summed E-state index contributed by atoms with van der Waals surface area (Å²) in [5.74, 6) is 1.08. The first kappa shape index (κ1) is 10.0. The van der Waals surface area contributed by atoms with Crippen LogP contribution in [0.25, 0.3) is 0 Å². The van der Waals surface area contributed by atoms with E-state index in [2.05, 4.69) is 15.9 Å². The Kier molecular flexibility index (Phi) is 3.34. The maximum Gasteiger partial charge on any atom is 0.00880 e. The van der Waals surface area contributed by atoms with E-state index in [0.717, 1.165) is 11.3 Å². The highest BCUT2D eigenvalue weighted by Gasteiger charge is 2.37. The normalized spacial score (nSPS) is 28.4. The first-order chi connectivity index (χ1) is 6.35. The number of halogens is 1. The molecule has 2 saturated carbocycles. The highest BCUT2D eigenvalue weighted by atomic mass is 79.9. The van der Waals surface area contributed by atoms with Gasteiger partial charge in [-0.05, 0) is 30.6 Å². The summed E-state index contributed by atoms with van der Waals surface area (Å²) >= 11 is 3.71. The highest BCUT2D eigenvalue weighted by Crippen LogP contribution is 2.49. The second-order valence-electron chi connectivity index (χ2n) is 5.20. The van der Waals surface area contributed by atoms with Crippen molar-refractivity contribution >= 4 is 15.9 Å². The van der Waals surface area contributed by atoms with Crippen LogP contribution in [0.5, 0.6) is 0 Å². The molecule has 1 heteroatoms. The molecule has 2 aliphatic carbocycles. The molecule has 0 aromatic rings. The van der Waals surface area contributed by atoms with Crippen molar-refractivity contribution in [3.63, 3.8) is 0 Å². The van der Waals surface area contributed by atoms with E-state index in [9.17, 15) is 0 Å². The minimum Gasteiger partial charge on any atom is -0.0922 e. The topological polar surface area (TPSA) is 0 Å². The predicted molar refractivity (Wildman–Crippen MR) is 61.3 cm³/mol. The molecule has 2 aliphatic rings. The third kappa shape index (κ3) is 2.29. The minimum atomic E-state index is 0.738. The van der Waals surface area contributed by atoms with Gasteiger partial charge in [-0.25, -0.2) is 0 Å². The fourth-order valence-corrected chi connectivity index (χ4v) is 3.86. The first-order valence-corrected chi connectivity index (χ1v) is 7.03. The number of alkyl halides is 1. The lowest BCUT2D eigenvalue weighted by Crippen LogP contribution is -2.33. The third-order valence-electron chi connectivity index (χ3n) is 4.14. The van der Waals surface area contributed by atoms with Crippen molar-refractivity contribution in [1.29, 1.82) is 0 Å². The SMILES string of the molecule is BrCC1(CC2CCCCC2)CCC1. The van der Waals surface area contributed by atoms with Crippen LogP contribution in [-0.2, 0) is 0 Å². The zero-order valence-corrected chi connectivity index (χ0v) is 10.1. The van der Waals surface area contributed by atoms with Crippen LogP contribution in [-0.4, -0.2) is 5.33 Å². The summed E-state index contributed by atoms with van der Waals surface area (Å²) in [4.78, 5) is 0. The molecule has 0 bridgehead atoms. The van der Waals surface area contributed by atoms with Crippen LogP contribution in [0.1, 0.15) is 57.8 Å². The molecule has 0 aromatic carbocycles. The smallest absolute Gasteiger partial charge is 0.00880 e. The summed E-state index contributed by atoms with van der Waals surface area (Å²) in [5.41, 5.74) is 0.738. The van der Waals surface area contributed by atoms with Gasteiger partial charge in [0.15, 0.2) is 0 Å². The van der Waals surface area contributed by atoms with E-state index >= 15 is 0 Å². The maximum absolute atomic E-state index is 3.71. The number of rotatable bonds is 3. The largest absolute Gasteiger partial charge is 0.0922 e. The lowest BCUT2D eigenvalue weighted by Gasteiger charge is -2.43. The second-order valence-corrected chi connectivity index (χ2v) is 5.76. The Hall–Kier alpha value is 0.480. The zero-order chi connectivity index (χ0) is 9.15. The average Bonchev–Trinajstić information content (AvgIpc) is 2.13. The standard InChI is InChI=1S/C12H21Br/c13-10-12(7-4-8-12)9-11-5-2-1-3-6-11/h11H,1-10H2. The van der Waals surface area contributed by atoms with Gasteiger partial charge in [0.1, 0.15) is 0 Å². The van der Waals surface area contributed by atoms with Crippen molar-refractivity contribution in [2.24, 2.45) is 11.3 Å². The van der Waals surface area contributed by atoms with E-state index in [0.29, 0.717) is 0 Å². The highest BCUT2D eigenvalue weighted by molar-refractivity contribution is 9.09. The van der Waals surface area contributed by atoms with Gasteiger partial charge >= 0.3 is 0 Å². The maximum atomic E-state index is 3.71. The van der Waals surface area contributed by atoms with Gasteiger partial charge in [0, 0.05) is 5.33 Å². The van der Waals surface area contributed by atoms with Crippen molar-refractivity contribution < 1.29 is 0 Å². The van der Waals surface area contributed by atoms with E-state index in [1.807, 2.05) is 0 Å². The number of hydrogen-bond acceptors (Lipinski definition) is 0. The van der Waals surface area contributed by atoms with Gasteiger partial charge < -0.3 is 0 Å². The fraction of sp³-hybridized carbons (Fsp3) is 1.00. The van der Waals surface area contributed by atoms with Crippen molar-refractivity contribution in [2.45, 2.75) is 57.8 Å². The van der Waals surface area contributed by atoms with Gasteiger partial charge in [0.2, 0.25) is 0 Å². The Morgan fingerprint density at radius 1 is 1.00 bits per heavy atom. The van der Waals surface area contributed by atoms with Gasteiger partial charge in [0.05, 0.1) is 0 Å². The summed E-state index contributed by atoms with van der Waals surface area (Å²) < 4.78 is 0. The van der Waals surface area contributed by atoms with Crippen LogP contribution in [0.2, 0.25) is 0 Å². The first-order valence-electron chi connectivity index (χ1n) is 5.91. The molecule has 2 fully saturated rings. The average molecular weight is 245 g/mol. The summed E-state index contributed by atoms with van der Waals surface area (Å²) in [7, 11) is 0. The van der Waals surface area contributed by atoms with Crippen LogP contribution in [0.15, 0.2) is 0 Å². The molecule has 0 spiro atoms. The minimum absolute atomic E-state index is 0.738. The molecule has 0 aliphatic heterocycles. The Bertz CT molecular complexity index is 149. The van der Waals surface area contributed by atoms with Crippen LogP contribution in [0.4, 0.5) is 0 Å². The molecule has 0 unspecified atom stereocenters. The van der Waals surface area contributed by atoms with Crippen LogP contribution in [0.3, 0.4) is 0 Å². The van der Waals surface area contributed by atoms with Crippen molar-refractivity contribution in [3.05, 3.63) is 0 Å². The van der Waals surface area contributed by atoms with Gasteiger partial charge in [-0.1, -0.05) is 54.5 Å². The van der Waals surface area contributed by atoms with Gasteiger partial charge in [0.25, 0.3) is 0 Å². The molecular weight excluding hydrogens is 224 g/mol.